The van der Waals surface area contributed by atoms with Crippen LogP contribution in [0.1, 0.15) is 5.69 Å². The number of methoxy groups -OCH3 is 1. The molecule has 1 saturated heterocycles. The molecule has 7 nitrogen and oxygen atoms in total. The number of aromatic nitrogens is 1. The lowest BCUT2D eigenvalue weighted by Gasteiger charge is -2.35. The molecule has 2 N–H and O–H groups in total. The predicted octanol–water partition coefficient (Wildman–Crippen LogP) is 0.136. The molecule has 2 heterocycles. The Balaban J connectivity index is 0.00000200. The number of nitrogens with zero attached hydrogens (tertiary/aromatic N) is 3. The van der Waals surface area contributed by atoms with Gasteiger partial charge in [0, 0.05) is 45.9 Å². The van der Waals surface area contributed by atoms with Crippen LogP contribution in [0.5, 0.6) is 0 Å². The van der Waals surface area contributed by atoms with E-state index in [0.717, 1.165) is 25.3 Å². The molecule has 0 aromatic carbocycles. The third-order valence-corrected chi connectivity index (χ3v) is 3.22. The van der Waals surface area contributed by atoms with Crippen molar-refractivity contribution in [2.24, 2.45) is 5.73 Å². The van der Waals surface area contributed by atoms with E-state index in [2.05, 4.69) is 10.1 Å². The third kappa shape index (κ3) is 5.80. The van der Waals surface area contributed by atoms with Gasteiger partial charge < -0.3 is 19.9 Å². The number of ether oxygens (including phenoxy) is 1. The molecule has 0 radical (unpaired) electrons. The number of halogens is 2. The molecular weight excluding hydrogens is 319 g/mol. The van der Waals surface area contributed by atoms with Crippen molar-refractivity contribution in [1.29, 1.82) is 0 Å². The first-order valence-electron chi connectivity index (χ1n) is 6.35. The summed E-state index contributed by atoms with van der Waals surface area (Å²) in [4.78, 5) is 16.0. The molecule has 2 rings (SSSR count). The molecule has 0 bridgehead atoms. The highest BCUT2D eigenvalue weighted by Crippen LogP contribution is 2.07. The van der Waals surface area contributed by atoms with Crippen LogP contribution in [0.15, 0.2) is 16.9 Å². The van der Waals surface area contributed by atoms with Gasteiger partial charge in [0.2, 0.25) is 5.91 Å². The van der Waals surface area contributed by atoms with E-state index in [1.54, 1.807) is 18.3 Å². The third-order valence-electron chi connectivity index (χ3n) is 3.22. The fourth-order valence-corrected chi connectivity index (χ4v) is 2.16. The van der Waals surface area contributed by atoms with Crippen LogP contribution in [0.25, 0.3) is 0 Å². The molecule has 0 spiro atoms. The number of rotatable bonds is 5. The second-order valence-electron chi connectivity index (χ2n) is 4.65. The van der Waals surface area contributed by atoms with E-state index in [-0.39, 0.29) is 37.3 Å². The minimum Gasteiger partial charge on any atom is -0.383 e. The van der Waals surface area contributed by atoms with E-state index >= 15 is 0 Å². The Labute approximate surface area is 136 Å². The van der Waals surface area contributed by atoms with E-state index in [0.29, 0.717) is 13.1 Å². The topological polar surface area (TPSA) is 84.8 Å². The van der Waals surface area contributed by atoms with Gasteiger partial charge >= 0.3 is 0 Å². The van der Waals surface area contributed by atoms with E-state index < -0.39 is 6.04 Å². The van der Waals surface area contributed by atoms with E-state index in [9.17, 15) is 4.79 Å². The van der Waals surface area contributed by atoms with Gasteiger partial charge in [0.15, 0.2) is 0 Å². The van der Waals surface area contributed by atoms with Crippen LogP contribution in [0.3, 0.4) is 0 Å². The van der Waals surface area contributed by atoms with Gasteiger partial charge in [0.05, 0.1) is 12.3 Å². The second-order valence-corrected chi connectivity index (χ2v) is 4.65. The molecular formula is C12H22Cl2N4O3. The van der Waals surface area contributed by atoms with Crippen molar-refractivity contribution < 1.29 is 14.1 Å². The fraction of sp³-hybridized carbons (Fsp3) is 0.667. The summed E-state index contributed by atoms with van der Waals surface area (Å²) in [5.74, 6) is -0.0389. The smallest absolute Gasteiger partial charge is 0.241 e. The zero-order chi connectivity index (χ0) is 13.7. The van der Waals surface area contributed by atoms with Crippen molar-refractivity contribution in [1.82, 2.24) is 15.0 Å². The van der Waals surface area contributed by atoms with Crippen molar-refractivity contribution >= 4 is 30.7 Å². The molecule has 1 atom stereocenters. The zero-order valence-corrected chi connectivity index (χ0v) is 13.6. The minimum absolute atomic E-state index is 0. The van der Waals surface area contributed by atoms with Gasteiger partial charge in [-0.2, -0.15) is 0 Å². The highest BCUT2D eigenvalue weighted by molar-refractivity contribution is 5.85. The molecule has 1 aliphatic rings. The fourth-order valence-electron chi connectivity index (χ4n) is 2.16. The lowest BCUT2D eigenvalue weighted by Crippen LogP contribution is -2.53. The molecule has 1 amide bonds. The summed E-state index contributed by atoms with van der Waals surface area (Å²) in [6.07, 6.45) is 1.57. The van der Waals surface area contributed by atoms with Crippen molar-refractivity contribution in [3.05, 3.63) is 18.0 Å². The number of piperazine rings is 1. The standard InChI is InChI=1S/C12H20N4O3.2ClH/c1-18-9-11(13)12(17)16-5-3-15(4-6-16)8-10-2-7-19-14-10;;/h2,7,11H,3-6,8-9,13H2,1H3;2*1H. The summed E-state index contributed by atoms with van der Waals surface area (Å²) in [5, 5.41) is 3.88. The Kier molecular flexibility index (Phi) is 9.56. The summed E-state index contributed by atoms with van der Waals surface area (Å²) in [5.41, 5.74) is 6.66. The van der Waals surface area contributed by atoms with Crippen molar-refractivity contribution in [3.63, 3.8) is 0 Å². The Bertz CT molecular complexity index is 397. The first-order valence-corrected chi connectivity index (χ1v) is 6.35. The summed E-state index contributed by atoms with van der Waals surface area (Å²) < 4.78 is 9.71. The molecule has 0 aliphatic carbocycles. The maximum absolute atomic E-state index is 12.0. The number of carbonyl (C=O) groups excluding carboxylic acids is 1. The predicted molar refractivity (Wildman–Crippen MR) is 82.7 cm³/mol. The van der Waals surface area contributed by atoms with Gasteiger partial charge in [-0.3, -0.25) is 9.69 Å². The number of amides is 1. The lowest BCUT2D eigenvalue weighted by atomic mass is 10.2. The quantitative estimate of drug-likeness (QED) is 0.820. The van der Waals surface area contributed by atoms with Gasteiger partial charge in [-0.15, -0.1) is 24.8 Å². The second kappa shape index (κ2) is 9.97. The highest BCUT2D eigenvalue weighted by atomic mass is 35.5. The first-order chi connectivity index (χ1) is 9.20. The van der Waals surface area contributed by atoms with Crippen LogP contribution in [0, 0.1) is 0 Å². The van der Waals surface area contributed by atoms with Crippen LogP contribution in [0.2, 0.25) is 0 Å². The average molecular weight is 341 g/mol. The van der Waals surface area contributed by atoms with Gasteiger partial charge in [0.1, 0.15) is 12.3 Å². The molecule has 1 unspecified atom stereocenters. The van der Waals surface area contributed by atoms with E-state index in [4.69, 9.17) is 15.0 Å². The van der Waals surface area contributed by atoms with Gasteiger partial charge in [-0.1, -0.05) is 5.16 Å². The summed E-state index contributed by atoms with van der Waals surface area (Å²) in [6.45, 7) is 4.03. The van der Waals surface area contributed by atoms with Crippen LogP contribution >= 0.6 is 24.8 Å². The number of hydrogen-bond donors (Lipinski definition) is 1. The summed E-state index contributed by atoms with van der Waals surface area (Å²) in [7, 11) is 1.54. The van der Waals surface area contributed by atoms with Gasteiger partial charge in [-0.25, -0.2) is 0 Å². The Morgan fingerprint density at radius 3 is 2.62 bits per heavy atom. The highest BCUT2D eigenvalue weighted by Gasteiger charge is 2.25. The molecule has 1 aliphatic heterocycles. The van der Waals surface area contributed by atoms with Crippen LogP contribution in [-0.4, -0.2) is 66.8 Å². The molecule has 122 valence electrons. The van der Waals surface area contributed by atoms with Crippen molar-refractivity contribution in [3.8, 4) is 0 Å². The summed E-state index contributed by atoms with van der Waals surface area (Å²) >= 11 is 0. The van der Waals surface area contributed by atoms with E-state index in [1.807, 2.05) is 6.07 Å². The molecule has 9 heteroatoms. The average Bonchev–Trinajstić information content (AvgIpc) is 2.92. The van der Waals surface area contributed by atoms with Crippen molar-refractivity contribution in [2.75, 3.05) is 39.9 Å². The van der Waals surface area contributed by atoms with E-state index in [1.165, 1.54) is 0 Å². The normalized spacial score (nSPS) is 16.8. The maximum atomic E-state index is 12.0. The minimum atomic E-state index is -0.563. The number of nitrogens with two attached hydrogens (primary N) is 1. The SMILES string of the molecule is COCC(N)C(=O)N1CCN(Cc2ccon2)CC1.Cl.Cl. The molecule has 21 heavy (non-hydrogen) atoms. The van der Waals surface area contributed by atoms with Gasteiger partial charge in [0.25, 0.3) is 0 Å². The monoisotopic (exact) mass is 340 g/mol. The molecule has 1 fully saturated rings. The Morgan fingerprint density at radius 2 is 2.10 bits per heavy atom. The van der Waals surface area contributed by atoms with Gasteiger partial charge in [-0.05, 0) is 0 Å². The molecule has 0 saturated carbocycles. The molecule has 1 aromatic heterocycles. The lowest BCUT2D eigenvalue weighted by molar-refractivity contribution is -0.135. The Hall–Kier alpha value is -0.860. The molecule has 1 aromatic rings. The number of carbonyl (C=O) groups is 1. The summed E-state index contributed by atoms with van der Waals surface area (Å²) in [6, 6.07) is 1.29. The van der Waals surface area contributed by atoms with Crippen molar-refractivity contribution in [2.45, 2.75) is 12.6 Å². The maximum Gasteiger partial charge on any atom is 0.241 e. The number of hydrogen-bond acceptors (Lipinski definition) is 6. The zero-order valence-electron chi connectivity index (χ0n) is 11.9. The van der Waals surface area contributed by atoms with Crippen LogP contribution in [-0.2, 0) is 16.1 Å². The Morgan fingerprint density at radius 1 is 1.43 bits per heavy atom. The van der Waals surface area contributed by atoms with Crippen LogP contribution in [0.4, 0.5) is 0 Å². The largest absolute Gasteiger partial charge is 0.383 e. The van der Waals surface area contributed by atoms with Crippen LogP contribution < -0.4 is 5.73 Å². The first kappa shape index (κ1) is 20.1.